The van der Waals surface area contributed by atoms with Crippen molar-refractivity contribution in [2.24, 2.45) is 10.9 Å². The molecule has 4 N–H and O–H groups in total. The Balaban J connectivity index is 2.15. The van der Waals surface area contributed by atoms with Gasteiger partial charge in [0.05, 0.1) is 6.61 Å². The summed E-state index contributed by atoms with van der Waals surface area (Å²) in [6.07, 6.45) is 1.03. The van der Waals surface area contributed by atoms with Crippen LogP contribution in [0.15, 0.2) is 29.4 Å². The monoisotopic (exact) mass is 278 g/mol. The quantitative estimate of drug-likeness (QED) is 0.319. The zero-order valence-electron chi connectivity index (χ0n) is 11.6. The van der Waals surface area contributed by atoms with Crippen molar-refractivity contribution < 1.29 is 10.3 Å². The van der Waals surface area contributed by atoms with Crippen LogP contribution >= 0.6 is 0 Å². The molecule has 0 saturated carbocycles. The first kappa shape index (κ1) is 14.6. The molecule has 0 atom stereocenters. The molecule has 0 radical (unpaired) electrons. The summed E-state index contributed by atoms with van der Waals surface area (Å²) in [5.74, 6) is 0.136. The summed E-state index contributed by atoms with van der Waals surface area (Å²) in [4.78, 5) is 4.51. The average molecular weight is 278 g/mol. The first-order chi connectivity index (χ1) is 9.76. The summed E-state index contributed by atoms with van der Waals surface area (Å²) in [7, 11) is 0. The van der Waals surface area contributed by atoms with Crippen LogP contribution in [0.2, 0.25) is 0 Å². The van der Waals surface area contributed by atoms with Gasteiger partial charge in [-0.05, 0) is 25.1 Å². The number of hydrogen-bond acceptors (Lipinski definition) is 5. The van der Waals surface area contributed by atoms with Crippen LogP contribution in [0, 0.1) is 0 Å². The number of β-amino-alcohol motifs (C(OH)–C–C–N with tert-alkyl or cyclic N) is 1. The van der Waals surface area contributed by atoms with Gasteiger partial charge in [-0.25, -0.2) is 0 Å². The summed E-state index contributed by atoms with van der Waals surface area (Å²) < 4.78 is 0. The second-order valence-electron chi connectivity index (χ2n) is 4.91. The van der Waals surface area contributed by atoms with Gasteiger partial charge in [0.15, 0.2) is 5.84 Å². The fourth-order valence-corrected chi connectivity index (χ4v) is 2.60. The Morgan fingerprint density at radius 1 is 1.20 bits per heavy atom. The van der Waals surface area contributed by atoms with Crippen LogP contribution in [0.4, 0.5) is 5.69 Å². The van der Waals surface area contributed by atoms with E-state index in [2.05, 4.69) is 15.0 Å². The Morgan fingerprint density at radius 3 is 2.75 bits per heavy atom. The molecule has 20 heavy (non-hydrogen) atoms. The Morgan fingerprint density at radius 2 is 2.00 bits per heavy atom. The summed E-state index contributed by atoms with van der Waals surface area (Å²) in [6, 6.07) is 7.70. The van der Waals surface area contributed by atoms with E-state index in [4.69, 9.17) is 16.0 Å². The minimum Gasteiger partial charge on any atom is -0.409 e. The van der Waals surface area contributed by atoms with Crippen molar-refractivity contribution >= 4 is 11.5 Å². The van der Waals surface area contributed by atoms with Gasteiger partial charge in [0, 0.05) is 37.4 Å². The number of nitrogens with zero attached hydrogens (tertiary/aromatic N) is 3. The number of aliphatic hydroxyl groups is 1. The topological polar surface area (TPSA) is 85.3 Å². The number of oxime groups is 1. The molecular weight excluding hydrogens is 256 g/mol. The second-order valence-corrected chi connectivity index (χ2v) is 4.91. The van der Waals surface area contributed by atoms with E-state index in [-0.39, 0.29) is 12.4 Å². The molecule has 1 aliphatic rings. The van der Waals surface area contributed by atoms with E-state index in [1.54, 1.807) is 0 Å². The van der Waals surface area contributed by atoms with Crippen molar-refractivity contribution in [3.05, 3.63) is 29.8 Å². The van der Waals surface area contributed by atoms with Gasteiger partial charge < -0.3 is 20.9 Å². The van der Waals surface area contributed by atoms with E-state index >= 15 is 0 Å². The lowest BCUT2D eigenvalue weighted by Gasteiger charge is -2.25. The van der Waals surface area contributed by atoms with Gasteiger partial charge >= 0.3 is 0 Å². The lowest BCUT2D eigenvalue weighted by atomic mass is 10.1. The highest BCUT2D eigenvalue weighted by atomic mass is 16.4. The van der Waals surface area contributed by atoms with Crippen molar-refractivity contribution in [3.63, 3.8) is 0 Å². The molecule has 110 valence electrons. The maximum absolute atomic E-state index is 9.03. The van der Waals surface area contributed by atoms with Crippen molar-refractivity contribution in [2.75, 3.05) is 44.2 Å². The third-order valence-corrected chi connectivity index (χ3v) is 3.63. The zero-order valence-corrected chi connectivity index (χ0v) is 11.6. The van der Waals surface area contributed by atoms with Crippen LogP contribution < -0.4 is 10.6 Å². The van der Waals surface area contributed by atoms with E-state index in [9.17, 15) is 0 Å². The average Bonchev–Trinajstić information content (AvgIpc) is 2.72. The summed E-state index contributed by atoms with van der Waals surface area (Å²) in [5.41, 5.74) is 7.49. The first-order valence-electron chi connectivity index (χ1n) is 6.91. The molecule has 0 spiro atoms. The van der Waals surface area contributed by atoms with Gasteiger partial charge in [-0.2, -0.15) is 0 Å². The largest absolute Gasteiger partial charge is 0.409 e. The molecule has 6 heteroatoms. The minimum absolute atomic E-state index is 0.136. The summed E-state index contributed by atoms with van der Waals surface area (Å²) >= 11 is 0. The maximum Gasteiger partial charge on any atom is 0.172 e. The molecule has 1 saturated heterocycles. The SMILES string of the molecule is N/C(=N/O)c1ccccc1N1CCCN(CCO)CC1. The standard InChI is InChI=1S/C14H22N4O2/c15-14(16-20)12-4-1-2-5-13(12)18-7-3-6-17(8-9-18)10-11-19/h1-2,4-5,19-20H,3,6-11H2,(H2,15,16). The Bertz CT molecular complexity index is 464. The van der Waals surface area contributed by atoms with Crippen LogP contribution in [0.25, 0.3) is 0 Å². The van der Waals surface area contributed by atoms with Crippen LogP contribution in [-0.4, -0.2) is 60.4 Å². The minimum atomic E-state index is 0.136. The van der Waals surface area contributed by atoms with Crippen molar-refractivity contribution in [2.45, 2.75) is 6.42 Å². The van der Waals surface area contributed by atoms with E-state index in [0.717, 1.165) is 50.4 Å². The number of para-hydroxylation sites is 1. The van der Waals surface area contributed by atoms with E-state index in [1.165, 1.54) is 0 Å². The summed E-state index contributed by atoms with van der Waals surface area (Å²) in [5, 5.41) is 21.0. The van der Waals surface area contributed by atoms with Crippen molar-refractivity contribution in [1.82, 2.24) is 4.90 Å². The van der Waals surface area contributed by atoms with Crippen LogP contribution in [0.5, 0.6) is 0 Å². The number of amidine groups is 1. The molecule has 0 aliphatic carbocycles. The maximum atomic E-state index is 9.03. The number of aliphatic hydroxyl groups excluding tert-OH is 1. The zero-order chi connectivity index (χ0) is 14.4. The van der Waals surface area contributed by atoms with Gasteiger partial charge in [-0.1, -0.05) is 17.3 Å². The molecule has 1 heterocycles. The predicted molar refractivity (Wildman–Crippen MR) is 79.3 cm³/mol. The molecule has 0 amide bonds. The van der Waals surface area contributed by atoms with Crippen LogP contribution in [0.3, 0.4) is 0 Å². The summed E-state index contributed by atoms with van der Waals surface area (Å²) in [6.45, 7) is 4.61. The van der Waals surface area contributed by atoms with Crippen molar-refractivity contribution in [3.8, 4) is 0 Å². The third kappa shape index (κ3) is 3.40. The Hall–Kier alpha value is -1.79. The van der Waals surface area contributed by atoms with Gasteiger partial charge in [0.25, 0.3) is 0 Å². The Kier molecular flexibility index (Phi) is 5.20. The molecule has 0 unspecified atom stereocenters. The number of nitrogens with two attached hydrogens (primary N) is 1. The van der Waals surface area contributed by atoms with Crippen molar-refractivity contribution in [1.29, 1.82) is 0 Å². The van der Waals surface area contributed by atoms with E-state index < -0.39 is 0 Å². The number of anilines is 1. The molecule has 6 nitrogen and oxygen atoms in total. The second kappa shape index (κ2) is 7.12. The van der Waals surface area contributed by atoms with Crippen LogP contribution in [-0.2, 0) is 0 Å². The first-order valence-corrected chi connectivity index (χ1v) is 6.91. The highest BCUT2D eigenvalue weighted by molar-refractivity contribution is 6.02. The van der Waals surface area contributed by atoms with Gasteiger partial charge in [0.1, 0.15) is 0 Å². The lowest BCUT2D eigenvalue weighted by molar-refractivity contribution is 0.204. The fourth-order valence-electron chi connectivity index (χ4n) is 2.60. The third-order valence-electron chi connectivity index (χ3n) is 3.63. The highest BCUT2D eigenvalue weighted by Crippen LogP contribution is 2.21. The molecule has 1 fully saturated rings. The van der Waals surface area contributed by atoms with Gasteiger partial charge in [-0.3, -0.25) is 4.90 Å². The van der Waals surface area contributed by atoms with Gasteiger partial charge in [-0.15, -0.1) is 0 Å². The normalized spacial score (nSPS) is 18.1. The molecule has 0 aromatic heterocycles. The molecule has 0 bridgehead atoms. The van der Waals surface area contributed by atoms with Crippen LogP contribution in [0.1, 0.15) is 12.0 Å². The molecule has 1 aliphatic heterocycles. The lowest BCUT2D eigenvalue weighted by Crippen LogP contribution is -2.33. The molecule has 1 aromatic rings. The smallest absolute Gasteiger partial charge is 0.172 e. The molecule has 2 rings (SSSR count). The van der Waals surface area contributed by atoms with Gasteiger partial charge in [0.2, 0.25) is 0 Å². The molecular formula is C14H22N4O2. The number of rotatable bonds is 4. The highest BCUT2D eigenvalue weighted by Gasteiger charge is 2.18. The Labute approximate surface area is 119 Å². The number of hydrogen-bond donors (Lipinski definition) is 3. The van der Waals surface area contributed by atoms with E-state index in [1.807, 2.05) is 24.3 Å². The predicted octanol–water partition coefficient (Wildman–Crippen LogP) is 0.285. The number of benzene rings is 1. The van der Waals surface area contributed by atoms with E-state index in [0.29, 0.717) is 0 Å². The fraction of sp³-hybridized carbons (Fsp3) is 0.500. The molecule has 1 aromatic carbocycles.